The highest BCUT2D eigenvalue weighted by atomic mass is 35.5. The summed E-state index contributed by atoms with van der Waals surface area (Å²) in [5, 5.41) is 12.6. The minimum atomic E-state index is -1.36. The van der Waals surface area contributed by atoms with Crippen molar-refractivity contribution in [2.24, 2.45) is 0 Å². The van der Waals surface area contributed by atoms with Crippen LogP contribution in [-0.2, 0) is 16.0 Å². The molecular weight excluding hydrogens is 458 g/mol. The molecule has 0 radical (unpaired) electrons. The van der Waals surface area contributed by atoms with Crippen molar-refractivity contribution in [2.45, 2.75) is 23.4 Å². The molecule has 32 heavy (non-hydrogen) atoms. The zero-order chi connectivity index (χ0) is 23.3. The summed E-state index contributed by atoms with van der Waals surface area (Å²) in [4.78, 5) is 36.3. The van der Waals surface area contributed by atoms with Gasteiger partial charge in [0.05, 0.1) is 12.5 Å². The van der Waals surface area contributed by atoms with E-state index in [1.54, 1.807) is 60.7 Å². The second-order valence-electron chi connectivity index (χ2n) is 7.23. The molecule has 1 heterocycles. The van der Waals surface area contributed by atoms with Crippen LogP contribution >= 0.6 is 23.2 Å². The third-order valence-electron chi connectivity index (χ3n) is 5.09. The van der Waals surface area contributed by atoms with Gasteiger partial charge in [-0.25, -0.2) is 4.39 Å². The Bertz CT molecular complexity index is 1030. The monoisotopic (exact) mass is 478 g/mol. The van der Waals surface area contributed by atoms with E-state index in [4.69, 9.17) is 23.2 Å². The van der Waals surface area contributed by atoms with Crippen LogP contribution in [-0.4, -0.2) is 51.8 Å². The molecule has 0 fully saturated rings. The number of nitrogens with zero attached hydrogens (tertiary/aromatic N) is 1. The van der Waals surface area contributed by atoms with Crippen molar-refractivity contribution in [1.82, 2.24) is 10.2 Å². The van der Waals surface area contributed by atoms with Crippen LogP contribution < -0.4 is 5.32 Å². The quantitative estimate of drug-likeness (QED) is 0.450. The molecule has 1 aliphatic heterocycles. The van der Waals surface area contributed by atoms with E-state index in [0.717, 1.165) is 11.1 Å². The van der Waals surface area contributed by atoms with E-state index >= 15 is 0 Å². The van der Waals surface area contributed by atoms with Gasteiger partial charge in [0, 0.05) is 12.1 Å². The van der Waals surface area contributed by atoms with Crippen molar-refractivity contribution >= 4 is 47.0 Å². The number of alkyl halides is 3. The predicted octanol–water partition coefficient (Wildman–Crippen LogP) is 3.22. The Kier molecular flexibility index (Phi) is 8.01. The highest BCUT2D eigenvalue weighted by Crippen LogP contribution is 2.21. The highest BCUT2D eigenvalue weighted by Gasteiger charge is 2.29. The van der Waals surface area contributed by atoms with E-state index in [2.05, 4.69) is 5.32 Å². The molecule has 2 N–H and O–H groups in total. The van der Waals surface area contributed by atoms with Gasteiger partial charge in [-0.3, -0.25) is 19.3 Å². The van der Waals surface area contributed by atoms with Crippen LogP contribution in [0.3, 0.4) is 0 Å². The minimum absolute atomic E-state index is 0.129. The summed E-state index contributed by atoms with van der Waals surface area (Å²) in [5.41, 5.74) is 2.40. The largest absolute Gasteiger partial charge is 0.386 e. The molecule has 0 spiro atoms. The molecule has 0 bridgehead atoms. The zero-order valence-electron chi connectivity index (χ0n) is 16.9. The van der Waals surface area contributed by atoms with Crippen LogP contribution in [0.25, 0.3) is 6.08 Å². The van der Waals surface area contributed by atoms with Gasteiger partial charge in [0.2, 0.25) is 5.91 Å². The van der Waals surface area contributed by atoms with Gasteiger partial charge < -0.3 is 10.4 Å². The van der Waals surface area contributed by atoms with Crippen molar-refractivity contribution in [1.29, 1.82) is 0 Å². The lowest BCUT2D eigenvalue weighted by Crippen LogP contribution is -2.43. The maximum absolute atomic E-state index is 13.3. The third-order valence-corrected chi connectivity index (χ3v) is 5.48. The number of benzene rings is 2. The van der Waals surface area contributed by atoms with E-state index in [-0.39, 0.29) is 24.8 Å². The number of hydrogen-bond acceptors (Lipinski definition) is 4. The van der Waals surface area contributed by atoms with Gasteiger partial charge in [-0.1, -0.05) is 77.8 Å². The molecule has 1 aliphatic rings. The number of amides is 3. The lowest BCUT2D eigenvalue weighted by molar-refractivity contribution is -0.128. The summed E-state index contributed by atoms with van der Waals surface area (Å²) in [6, 6.07) is 12.4. The van der Waals surface area contributed by atoms with Gasteiger partial charge in [0.25, 0.3) is 11.8 Å². The van der Waals surface area contributed by atoms with Crippen molar-refractivity contribution in [3.8, 4) is 0 Å². The zero-order valence-corrected chi connectivity index (χ0v) is 18.4. The van der Waals surface area contributed by atoms with Gasteiger partial charge in [0.1, 0.15) is 12.8 Å². The van der Waals surface area contributed by atoms with E-state index < -0.39 is 29.6 Å². The number of aliphatic hydroxyl groups is 1. The average Bonchev–Trinajstić information content (AvgIpc) is 2.79. The Morgan fingerprint density at radius 3 is 2.50 bits per heavy atom. The van der Waals surface area contributed by atoms with Crippen LogP contribution in [0.1, 0.15) is 33.2 Å². The van der Waals surface area contributed by atoms with E-state index in [0.29, 0.717) is 11.1 Å². The molecule has 6 nitrogen and oxygen atoms in total. The molecule has 2 atom stereocenters. The molecule has 2 aromatic rings. The summed E-state index contributed by atoms with van der Waals surface area (Å²) in [6.07, 6.45) is 2.32. The van der Waals surface area contributed by atoms with Crippen LogP contribution in [0.15, 0.2) is 54.6 Å². The average molecular weight is 479 g/mol. The Balaban J connectivity index is 1.62. The molecule has 0 unspecified atom stereocenters. The fraction of sp³-hybridized carbons (Fsp3) is 0.261. The van der Waals surface area contributed by atoms with Crippen molar-refractivity contribution < 1.29 is 23.9 Å². The summed E-state index contributed by atoms with van der Waals surface area (Å²) in [5.74, 6) is -1.37. The van der Waals surface area contributed by atoms with Gasteiger partial charge in [-0.2, -0.15) is 0 Å². The topological polar surface area (TPSA) is 86.7 Å². The second kappa shape index (κ2) is 10.7. The fourth-order valence-electron chi connectivity index (χ4n) is 3.36. The molecule has 0 aliphatic carbocycles. The third kappa shape index (κ3) is 5.54. The molecular formula is C23H21Cl2FN2O4. The lowest BCUT2D eigenvalue weighted by atomic mass is 9.98. The molecule has 9 heteroatoms. The van der Waals surface area contributed by atoms with Gasteiger partial charge >= 0.3 is 0 Å². The Morgan fingerprint density at radius 2 is 1.84 bits per heavy atom. The van der Waals surface area contributed by atoms with E-state index in [1.807, 2.05) is 0 Å². The number of nitrogens with one attached hydrogen (secondary N) is 1. The van der Waals surface area contributed by atoms with Crippen molar-refractivity contribution in [3.05, 3.63) is 76.9 Å². The van der Waals surface area contributed by atoms with Crippen molar-refractivity contribution in [2.75, 3.05) is 13.2 Å². The first-order chi connectivity index (χ1) is 15.3. The molecule has 168 valence electrons. The Labute approximate surface area is 194 Å². The SMILES string of the molecule is O=C(N[C@H](CF)[C@H](O)c1ccc(/C=C/CN2C(=O)Cc3ccccc3C2=O)cc1)C(Cl)Cl. The number of rotatable bonds is 8. The van der Waals surface area contributed by atoms with E-state index in [1.165, 1.54) is 4.90 Å². The van der Waals surface area contributed by atoms with Crippen LogP contribution in [0.5, 0.6) is 0 Å². The molecule has 2 aromatic carbocycles. The second-order valence-corrected chi connectivity index (χ2v) is 8.32. The molecule has 0 saturated carbocycles. The number of halogens is 3. The Hall–Kier alpha value is -2.74. The minimum Gasteiger partial charge on any atom is -0.386 e. The maximum Gasteiger partial charge on any atom is 0.261 e. The smallest absolute Gasteiger partial charge is 0.261 e. The fourth-order valence-corrected chi connectivity index (χ4v) is 3.49. The van der Waals surface area contributed by atoms with Gasteiger partial charge in [-0.05, 0) is 22.8 Å². The summed E-state index contributed by atoms with van der Waals surface area (Å²) in [7, 11) is 0. The first-order valence-electron chi connectivity index (χ1n) is 9.83. The molecule has 0 saturated heterocycles. The predicted molar refractivity (Wildman–Crippen MR) is 120 cm³/mol. The van der Waals surface area contributed by atoms with Gasteiger partial charge in [-0.15, -0.1) is 0 Å². The van der Waals surface area contributed by atoms with Crippen LogP contribution in [0.2, 0.25) is 0 Å². The summed E-state index contributed by atoms with van der Waals surface area (Å²) >= 11 is 10.9. The normalized spacial score (nSPS) is 15.7. The van der Waals surface area contributed by atoms with Gasteiger partial charge in [0.15, 0.2) is 4.84 Å². The molecule has 0 aromatic heterocycles. The summed E-state index contributed by atoms with van der Waals surface area (Å²) < 4.78 is 13.3. The highest BCUT2D eigenvalue weighted by molar-refractivity contribution is 6.53. The number of hydrogen-bond donors (Lipinski definition) is 2. The maximum atomic E-state index is 13.3. The van der Waals surface area contributed by atoms with Crippen molar-refractivity contribution in [3.63, 3.8) is 0 Å². The number of fused-ring (bicyclic) bond motifs is 1. The molecule has 3 rings (SSSR count). The van der Waals surface area contributed by atoms with Crippen LogP contribution in [0, 0.1) is 0 Å². The van der Waals surface area contributed by atoms with Crippen LogP contribution in [0.4, 0.5) is 4.39 Å². The summed E-state index contributed by atoms with van der Waals surface area (Å²) in [6.45, 7) is -0.875. The lowest BCUT2D eigenvalue weighted by Gasteiger charge is -2.25. The number of imide groups is 1. The molecule has 3 amide bonds. The standard InChI is InChI=1S/C23H21Cl2FN2O4/c24-21(25)22(31)27-18(13-26)20(30)15-9-7-14(8-10-15)4-3-11-28-19(29)12-16-5-1-2-6-17(16)23(28)32/h1-10,18,20-21,30H,11-13H2,(H,27,31)/b4-3+/t18-,20-/m1/s1. The number of carbonyl (C=O) groups excluding carboxylic acids is 3. The Morgan fingerprint density at radius 1 is 1.16 bits per heavy atom. The first kappa shape index (κ1) is 23.9. The number of aliphatic hydroxyl groups excluding tert-OH is 1. The first-order valence-corrected chi connectivity index (χ1v) is 10.7. The van der Waals surface area contributed by atoms with E-state index in [9.17, 15) is 23.9 Å². The number of carbonyl (C=O) groups is 3.